The molecule has 3 rings (SSSR count). The van der Waals surface area contributed by atoms with Crippen LogP contribution in [0.3, 0.4) is 0 Å². The highest BCUT2D eigenvalue weighted by Gasteiger charge is 2.10. The molecule has 3 aromatic rings. The second kappa shape index (κ2) is 4.74. The number of hydrogen-bond acceptors (Lipinski definition) is 1. The molecule has 6 heteroatoms. The van der Waals surface area contributed by atoms with Crippen molar-refractivity contribution in [2.45, 2.75) is 0 Å². The molecule has 0 atom stereocenters. The lowest BCUT2D eigenvalue weighted by Gasteiger charge is -2.07. The zero-order valence-corrected chi connectivity index (χ0v) is 12.6. The molecule has 2 aromatic carbocycles. The van der Waals surface area contributed by atoms with Crippen molar-refractivity contribution in [1.29, 1.82) is 0 Å². The van der Waals surface area contributed by atoms with Crippen molar-refractivity contribution in [3.63, 3.8) is 0 Å². The van der Waals surface area contributed by atoms with E-state index < -0.39 is 0 Å². The number of H-pyrrole nitrogens is 1. The van der Waals surface area contributed by atoms with E-state index in [2.05, 4.69) is 20.9 Å². The predicted octanol–water partition coefficient (Wildman–Crippen LogP) is 5.24. The number of hydrogen-bond donors (Lipinski definition) is 1. The van der Waals surface area contributed by atoms with Gasteiger partial charge in [-0.05, 0) is 64.5 Å². The van der Waals surface area contributed by atoms with Crippen LogP contribution < -0.4 is 0 Å². The van der Waals surface area contributed by atoms with Gasteiger partial charge in [0.15, 0.2) is 4.77 Å². The van der Waals surface area contributed by atoms with E-state index in [1.807, 2.05) is 10.6 Å². The zero-order valence-electron chi connectivity index (χ0n) is 9.45. The Morgan fingerprint density at radius 2 is 2.00 bits per heavy atom. The van der Waals surface area contributed by atoms with Gasteiger partial charge < -0.3 is 4.98 Å². The first-order valence-corrected chi connectivity index (χ1v) is 7.00. The Balaban J connectivity index is 2.36. The topological polar surface area (TPSA) is 20.7 Å². The second-order valence-electron chi connectivity index (χ2n) is 4.02. The molecule has 2 nitrogen and oxygen atoms in total. The van der Waals surface area contributed by atoms with E-state index in [0.717, 1.165) is 16.7 Å². The molecule has 0 fully saturated rings. The Hall–Kier alpha value is -1.17. The molecular formula is C13H7BrClFN2S. The van der Waals surface area contributed by atoms with Gasteiger partial charge in [0, 0.05) is 9.50 Å². The molecule has 19 heavy (non-hydrogen) atoms. The van der Waals surface area contributed by atoms with Crippen LogP contribution in [0.2, 0.25) is 5.02 Å². The van der Waals surface area contributed by atoms with Gasteiger partial charge in [0.2, 0.25) is 0 Å². The summed E-state index contributed by atoms with van der Waals surface area (Å²) >= 11 is 14.6. The second-order valence-corrected chi connectivity index (χ2v) is 5.70. The molecule has 0 amide bonds. The smallest absolute Gasteiger partial charge is 0.182 e. The fraction of sp³-hybridized carbons (Fsp3) is 0. The number of nitrogens with zero attached hydrogens (tertiary/aromatic N) is 1. The average molecular weight is 358 g/mol. The van der Waals surface area contributed by atoms with Gasteiger partial charge in [-0.3, -0.25) is 4.57 Å². The standard InChI is InChI=1S/C13H7BrClFN2S/c14-9-6-8(16)2-4-11(9)18-12-3-1-7(15)5-10(12)17-13(18)19/h1-6H,(H,17,19). The van der Waals surface area contributed by atoms with Crippen LogP contribution in [-0.2, 0) is 0 Å². The highest BCUT2D eigenvalue weighted by Crippen LogP contribution is 2.27. The molecular weight excluding hydrogens is 351 g/mol. The predicted molar refractivity (Wildman–Crippen MR) is 81.1 cm³/mol. The van der Waals surface area contributed by atoms with Crippen molar-refractivity contribution >= 4 is 50.8 Å². The maximum Gasteiger partial charge on any atom is 0.182 e. The molecule has 0 spiro atoms. The number of nitrogens with one attached hydrogen (secondary N) is 1. The summed E-state index contributed by atoms with van der Waals surface area (Å²) < 4.78 is 16.2. The number of imidazole rings is 1. The minimum atomic E-state index is -0.301. The lowest BCUT2D eigenvalue weighted by molar-refractivity contribution is 0.626. The van der Waals surface area contributed by atoms with E-state index in [4.69, 9.17) is 23.8 Å². The number of fused-ring (bicyclic) bond motifs is 1. The van der Waals surface area contributed by atoms with Crippen LogP contribution in [0.15, 0.2) is 40.9 Å². The van der Waals surface area contributed by atoms with Gasteiger partial charge in [0.05, 0.1) is 16.7 Å². The first-order valence-electron chi connectivity index (χ1n) is 5.42. The van der Waals surface area contributed by atoms with E-state index in [1.165, 1.54) is 12.1 Å². The van der Waals surface area contributed by atoms with Gasteiger partial charge in [-0.1, -0.05) is 11.6 Å². The molecule has 0 radical (unpaired) electrons. The molecule has 0 aliphatic heterocycles. The van der Waals surface area contributed by atoms with Crippen molar-refractivity contribution in [3.8, 4) is 5.69 Å². The van der Waals surface area contributed by atoms with Crippen LogP contribution in [0.1, 0.15) is 0 Å². The highest BCUT2D eigenvalue weighted by atomic mass is 79.9. The summed E-state index contributed by atoms with van der Waals surface area (Å²) in [4.78, 5) is 3.09. The first kappa shape index (κ1) is 12.8. The fourth-order valence-electron chi connectivity index (χ4n) is 1.99. The quantitative estimate of drug-likeness (QED) is 0.590. The molecule has 1 aromatic heterocycles. The summed E-state index contributed by atoms with van der Waals surface area (Å²) in [7, 11) is 0. The fourth-order valence-corrected chi connectivity index (χ4v) is 2.99. The van der Waals surface area contributed by atoms with Gasteiger partial charge in [-0.15, -0.1) is 0 Å². The van der Waals surface area contributed by atoms with Gasteiger partial charge in [-0.2, -0.15) is 0 Å². The van der Waals surface area contributed by atoms with Crippen LogP contribution in [0.5, 0.6) is 0 Å². The summed E-state index contributed by atoms with van der Waals surface area (Å²) in [5.74, 6) is -0.301. The molecule has 1 N–H and O–H groups in total. The third-order valence-electron chi connectivity index (χ3n) is 2.79. The lowest BCUT2D eigenvalue weighted by Crippen LogP contribution is -1.95. The molecule has 0 unspecified atom stereocenters. The van der Waals surface area contributed by atoms with E-state index in [-0.39, 0.29) is 5.82 Å². The summed E-state index contributed by atoms with van der Waals surface area (Å²) in [6, 6.07) is 9.96. The summed E-state index contributed by atoms with van der Waals surface area (Å²) in [6.45, 7) is 0. The maximum atomic E-state index is 13.2. The minimum absolute atomic E-state index is 0.301. The number of rotatable bonds is 1. The van der Waals surface area contributed by atoms with Gasteiger partial charge >= 0.3 is 0 Å². The van der Waals surface area contributed by atoms with E-state index in [0.29, 0.717) is 14.3 Å². The average Bonchev–Trinajstić information content (AvgIpc) is 2.65. The SMILES string of the molecule is Fc1ccc(-n2c(=S)[nH]c3cc(Cl)ccc32)c(Br)c1. The highest BCUT2D eigenvalue weighted by molar-refractivity contribution is 9.10. The molecule has 0 bridgehead atoms. The van der Waals surface area contributed by atoms with Crippen LogP contribution in [0.4, 0.5) is 4.39 Å². The number of halogens is 3. The van der Waals surface area contributed by atoms with Crippen molar-refractivity contribution < 1.29 is 4.39 Å². The lowest BCUT2D eigenvalue weighted by atomic mass is 10.2. The number of aromatic nitrogens is 2. The zero-order chi connectivity index (χ0) is 13.6. The van der Waals surface area contributed by atoms with Crippen LogP contribution >= 0.6 is 39.7 Å². The third-order valence-corrected chi connectivity index (χ3v) is 3.95. The van der Waals surface area contributed by atoms with Crippen molar-refractivity contribution in [1.82, 2.24) is 9.55 Å². The van der Waals surface area contributed by atoms with Gasteiger partial charge in [0.1, 0.15) is 5.82 Å². The maximum absolute atomic E-state index is 13.2. The van der Waals surface area contributed by atoms with Crippen LogP contribution in [0, 0.1) is 10.6 Å². The van der Waals surface area contributed by atoms with Crippen LogP contribution in [0.25, 0.3) is 16.7 Å². The van der Waals surface area contributed by atoms with Gasteiger partial charge in [-0.25, -0.2) is 4.39 Å². The van der Waals surface area contributed by atoms with Crippen molar-refractivity contribution in [2.24, 2.45) is 0 Å². The normalized spacial score (nSPS) is 11.1. The largest absolute Gasteiger partial charge is 0.330 e. The van der Waals surface area contributed by atoms with E-state index >= 15 is 0 Å². The molecule has 1 heterocycles. The van der Waals surface area contributed by atoms with Crippen LogP contribution in [-0.4, -0.2) is 9.55 Å². The number of aromatic amines is 1. The first-order chi connectivity index (χ1) is 9.06. The van der Waals surface area contributed by atoms with Gasteiger partial charge in [0.25, 0.3) is 0 Å². The Morgan fingerprint density at radius 3 is 2.74 bits per heavy atom. The van der Waals surface area contributed by atoms with E-state index in [9.17, 15) is 4.39 Å². The van der Waals surface area contributed by atoms with E-state index in [1.54, 1.807) is 18.2 Å². The minimum Gasteiger partial charge on any atom is -0.330 e. The summed E-state index contributed by atoms with van der Waals surface area (Å²) in [6.07, 6.45) is 0. The number of benzene rings is 2. The Bertz CT molecular complexity index is 840. The third kappa shape index (κ3) is 2.22. The van der Waals surface area contributed by atoms with Crippen molar-refractivity contribution in [3.05, 3.63) is 56.5 Å². The summed E-state index contributed by atoms with van der Waals surface area (Å²) in [5.41, 5.74) is 2.51. The molecule has 0 aliphatic carbocycles. The van der Waals surface area contributed by atoms with Crippen molar-refractivity contribution in [2.75, 3.05) is 0 Å². The summed E-state index contributed by atoms with van der Waals surface area (Å²) in [5, 5.41) is 0.633. The molecule has 96 valence electrons. The monoisotopic (exact) mass is 356 g/mol. The molecule has 0 aliphatic rings. The molecule has 0 saturated heterocycles. The Morgan fingerprint density at radius 1 is 1.21 bits per heavy atom. The Kier molecular flexibility index (Phi) is 3.20. The molecule has 0 saturated carbocycles. The Labute approximate surface area is 127 Å².